The van der Waals surface area contributed by atoms with E-state index in [4.69, 9.17) is 9.47 Å². The normalized spacial score (nSPS) is 24.8. The Balaban J connectivity index is 1.18. The molecule has 2 amide bonds. The Hall–Kier alpha value is -3.41. The van der Waals surface area contributed by atoms with Gasteiger partial charge < -0.3 is 14.4 Å². The van der Waals surface area contributed by atoms with Gasteiger partial charge in [0.15, 0.2) is 5.78 Å². The van der Waals surface area contributed by atoms with E-state index in [2.05, 4.69) is 12.1 Å². The zero-order valence-electron chi connectivity index (χ0n) is 27.0. The molecule has 5 rings (SSSR count). The molecular weight excluding hydrogens is 561 g/mol. The van der Waals surface area contributed by atoms with Crippen LogP contribution in [0.4, 0.5) is 14.0 Å². The van der Waals surface area contributed by atoms with Gasteiger partial charge in [-0.15, -0.1) is 0 Å². The van der Waals surface area contributed by atoms with Crippen molar-refractivity contribution in [2.45, 2.75) is 116 Å². The number of Topliss-reactive ketones (excluding diaryl/α,β-unsaturated/α-hetero) is 1. The highest BCUT2D eigenvalue weighted by atomic mass is 19.1. The number of allylic oxidation sites excluding steroid dienone is 2. The van der Waals surface area contributed by atoms with Crippen LogP contribution in [0.1, 0.15) is 97.6 Å². The Morgan fingerprint density at radius 1 is 1.05 bits per heavy atom. The molecule has 2 aliphatic heterocycles. The molecule has 2 saturated heterocycles. The van der Waals surface area contributed by atoms with Crippen LogP contribution < -0.4 is 0 Å². The van der Waals surface area contributed by atoms with Gasteiger partial charge >= 0.3 is 12.2 Å². The van der Waals surface area contributed by atoms with Crippen molar-refractivity contribution in [3.05, 3.63) is 41.2 Å². The van der Waals surface area contributed by atoms with Crippen LogP contribution in [0.15, 0.2) is 24.3 Å². The second-order valence-corrected chi connectivity index (χ2v) is 15.2. The Bertz CT molecular complexity index is 1380. The highest BCUT2D eigenvalue weighted by Gasteiger charge is 2.52. The summed E-state index contributed by atoms with van der Waals surface area (Å²) < 4.78 is 26.4. The Morgan fingerprint density at radius 3 is 2.27 bits per heavy atom. The molecule has 238 valence electrons. The fourth-order valence-electron chi connectivity index (χ4n) is 7.37. The number of halogens is 1. The first kappa shape index (κ1) is 32.0. The van der Waals surface area contributed by atoms with Crippen LogP contribution in [0, 0.1) is 34.4 Å². The number of nitriles is 1. The maximum Gasteiger partial charge on any atom is 0.411 e. The quantitative estimate of drug-likeness (QED) is 0.343. The minimum absolute atomic E-state index is 0.00760. The number of piperidine rings is 2. The molecule has 0 unspecified atom stereocenters. The minimum Gasteiger partial charge on any atom is -0.444 e. The standard InChI is InChI=1S/C35H46FN3O5/c1-33(2,3)43-31(41)38-13-11-35(12-14-38)19-26(20-35)23-7-8-24(28(36)18-23)15-22(21-37)16-29(40)30-25-9-10-27(17-25)39(30)32(42)44-34(4,5)6/h7-8,18-19,22,25,27,30H,9-17,20H2,1-6H3/t22-,25+,27-,30+/m1/s1. The van der Waals surface area contributed by atoms with Gasteiger partial charge in [-0.2, -0.15) is 5.26 Å². The smallest absolute Gasteiger partial charge is 0.411 e. The maximum atomic E-state index is 15.3. The molecule has 2 aliphatic carbocycles. The average Bonchev–Trinajstić information content (AvgIpc) is 3.53. The zero-order valence-corrected chi connectivity index (χ0v) is 27.0. The molecule has 8 nitrogen and oxygen atoms in total. The number of rotatable bonds is 6. The van der Waals surface area contributed by atoms with Crippen molar-refractivity contribution in [1.29, 1.82) is 5.26 Å². The highest BCUT2D eigenvalue weighted by Crippen LogP contribution is 2.51. The van der Waals surface area contributed by atoms with Crippen molar-refractivity contribution in [2.75, 3.05) is 13.1 Å². The second kappa shape index (κ2) is 11.8. The Labute approximate surface area is 260 Å². The van der Waals surface area contributed by atoms with E-state index in [1.165, 1.54) is 6.07 Å². The van der Waals surface area contributed by atoms with Gasteiger partial charge in [-0.25, -0.2) is 14.0 Å². The number of hydrogen-bond acceptors (Lipinski definition) is 6. The maximum absolute atomic E-state index is 15.3. The van der Waals surface area contributed by atoms with Crippen molar-refractivity contribution in [2.24, 2.45) is 17.3 Å². The van der Waals surface area contributed by atoms with Crippen LogP contribution in [0.2, 0.25) is 0 Å². The summed E-state index contributed by atoms with van der Waals surface area (Å²) in [5, 5.41) is 9.90. The van der Waals surface area contributed by atoms with Crippen LogP contribution in [-0.2, 0) is 20.7 Å². The van der Waals surface area contributed by atoms with Gasteiger partial charge in [-0.3, -0.25) is 9.69 Å². The molecule has 1 aromatic carbocycles. The summed E-state index contributed by atoms with van der Waals surface area (Å²) in [6.07, 6.45) is 6.62. The fraction of sp³-hybridized carbons (Fsp3) is 0.657. The van der Waals surface area contributed by atoms with Crippen LogP contribution in [-0.4, -0.2) is 64.1 Å². The second-order valence-electron chi connectivity index (χ2n) is 15.2. The number of fused-ring (bicyclic) bond motifs is 2. The predicted octanol–water partition coefficient (Wildman–Crippen LogP) is 7.06. The van der Waals surface area contributed by atoms with Crippen LogP contribution in [0.25, 0.3) is 5.57 Å². The molecule has 44 heavy (non-hydrogen) atoms. The van der Waals surface area contributed by atoms with Gasteiger partial charge in [0.25, 0.3) is 0 Å². The third-order valence-electron chi connectivity index (χ3n) is 9.47. The summed E-state index contributed by atoms with van der Waals surface area (Å²) in [4.78, 5) is 42.2. The van der Waals surface area contributed by atoms with Crippen molar-refractivity contribution < 1.29 is 28.2 Å². The van der Waals surface area contributed by atoms with Crippen LogP contribution in [0.3, 0.4) is 0 Å². The minimum atomic E-state index is -0.691. The number of hydrogen-bond donors (Lipinski definition) is 0. The predicted molar refractivity (Wildman–Crippen MR) is 164 cm³/mol. The van der Waals surface area contributed by atoms with E-state index in [-0.39, 0.29) is 47.9 Å². The lowest BCUT2D eigenvalue weighted by Crippen LogP contribution is -2.51. The van der Waals surface area contributed by atoms with E-state index in [0.29, 0.717) is 18.7 Å². The number of nitrogens with zero attached hydrogens (tertiary/aromatic N) is 3. The summed E-state index contributed by atoms with van der Waals surface area (Å²) >= 11 is 0. The number of amides is 2. The molecular formula is C35H46FN3O5. The first-order valence-corrected chi connectivity index (χ1v) is 16.0. The fourth-order valence-corrected chi connectivity index (χ4v) is 7.37. The van der Waals surface area contributed by atoms with E-state index in [9.17, 15) is 19.6 Å². The lowest BCUT2D eigenvalue weighted by molar-refractivity contribution is -0.126. The van der Waals surface area contributed by atoms with Crippen molar-refractivity contribution in [3.63, 3.8) is 0 Å². The number of likely N-dealkylation sites (tertiary alicyclic amines) is 2. The first-order chi connectivity index (χ1) is 20.6. The number of ether oxygens (including phenoxy) is 2. The Kier molecular flexibility index (Phi) is 8.60. The number of carbonyl (C=O) groups excluding carboxylic acids is 3. The monoisotopic (exact) mass is 607 g/mol. The molecule has 4 aliphatic rings. The van der Waals surface area contributed by atoms with Gasteiger partial charge in [-0.1, -0.05) is 18.2 Å². The number of carbonyl (C=O) groups is 3. The topological polar surface area (TPSA) is 99.9 Å². The molecule has 1 aromatic rings. The Morgan fingerprint density at radius 2 is 1.68 bits per heavy atom. The van der Waals surface area contributed by atoms with Crippen molar-refractivity contribution >= 4 is 23.5 Å². The summed E-state index contributed by atoms with van der Waals surface area (Å²) in [5.74, 6) is -1.14. The molecule has 2 bridgehead atoms. The van der Waals surface area contributed by atoms with E-state index in [1.807, 2.05) is 26.8 Å². The third kappa shape index (κ3) is 6.95. The van der Waals surface area contributed by atoms with Crippen molar-refractivity contribution in [1.82, 2.24) is 9.80 Å². The van der Waals surface area contributed by atoms with Gasteiger partial charge in [0.1, 0.15) is 17.0 Å². The number of benzene rings is 1. The molecule has 2 heterocycles. The van der Waals surface area contributed by atoms with E-state index in [0.717, 1.165) is 49.7 Å². The summed E-state index contributed by atoms with van der Waals surface area (Å²) in [6.45, 7) is 12.3. The van der Waals surface area contributed by atoms with E-state index in [1.54, 1.807) is 36.6 Å². The average molecular weight is 608 g/mol. The zero-order chi connectivity index (χ0) is 32.0. The van der Waals surface area contributed by atoms with Crippen LogP contribution in [0.5, 0.6) is 0 Å². The molecule has 4 atom stereocenters. The van der Waals surface area contributed by atoms with E-state index >= 15 is 4.39 Å². The van der Waals surface area contributed by atoms with Crippen molar-refractivity contribution in [3.8, 4) is 6.07 Å². The number of ketones is 1. The molecule has 1 saturated carbocycles. The molecule has 0 radical (unpaired) electrons. The first-order valence-electron chi connectivity index (χ1n) is 16.0. The third-order valence-corrected chi connectivity index (χ3v) is 9.47. The molecule has 3 fully saturated rings. The van der Waals surface area contributed by atoms with E-state index < -0.39 is 29.3 Å². The molecule has 0 N–H and O–H groups in total. The molecule has 9 heteroatoms. The SMILES string of the molecule is CC(C)(C)OC(=O)N1CCC2(C=C(c3ccc(C[C@@H](C#N)CC(=O)[C@@H]4[C@H]5CC[C@H](C5)N4C(=O)OC(C)(C)C)c(F)c3)C2)CC1. The van der Waals surface area contributed by atoms with Gasteiger partial charge in [0.05, 0.1) is 18.0 Å². The van der Waals surface area contributed by atoms with Crippen LogP contribution >= 0.6 is 0 Å². The van der Waals surface area contributed by atoms with Gasteiger partial charge in [-0.05, 0) is 121 Å². The highest BCUT2D eigenvalue weighted by molar-refractivity contribution is 5.89. The molecule has 0 aromatic heterocycles. The summed E-state index contributed by atoms with van der Waals surface area (Å²) in [7, 11) is 0. The summed E-state index contributed by atoms with van der Waals surface area (Å²) in [6, 6.07) is 6.76. The van der Waals surface area contributed by atoms with Gasteiger partial charge in [0, 0.05) is 25.6 Å². The lowest BCUT2D eigenvalue weighted by atomic mass is 9.64. The lowest BCUT2D eigenvalue weighted by Gasteiger charge is -2.46. The largest absolute Gasteiger partial charge is 0.444 e. The molecule has 1 spiro atoms. The summed E-state index contributed by atoms with van der Waals surface area (Å²) in [5.41, 5.74) is 1.17. The van der Waals surface area contributed by atoms with Gasteiger partial charge in [0.2, 0.25) is 0 Å².